The van der Waals surface area contributed by atoms with Gasteiger partial charge in [0.15, 0.2) is 0 Å². The molecule has 2 unspecified atom stereocenters. The lowest BCUT2D eigenvalue weighted by molar-refractivity contribution is -0.150. The Balaban J connectivity index is 2.52. The highest BCUT2D eigenvalue weighted by atomic mass is 32.2. The Morgan fingerprint density at radius 2 is 1.25 bits per heavy atom. The van der Waals surface area contributed by atoms with Crippen LogP contribution in [0.3, 0.4) is 0 Å². The summed E-state index contributed by atoms with van der Waals surface area (Å²) in [5.41, 5.74) is 0.182. The average Bonchev–Trinajstić information content (AvgIpc) is 3.05. The lowest BCUT2D eigenvalue weighted by Gasteiger charge is -2.25. The molecule has 1 aromatic rings. The highest BCUT2D eigenvalue weighted by Crippen LogP contribution is 2.18. The molecule has 0 aromatic heterocycles. The van der Waals surface area contributed by atoms with Crippen molar-refractivity contribution in [3.8, 4) is 0 Å². The van der Waals surface area contributed by atoms with Gasteiger partial charge in [0.2, 0.25) is 0 Å². The van der Waals surface area contributed by atoms with E-state index in [1.807, 2.05) is 6.92 Å². The number of carbonyl (C=O) groups is 3. The Morgan fingerprint density at radius 1 is 0.745 bits per heavy atom. The molecule has 0 spiro atoms. The second-order valence-corrected chi connectivity index (χ2v) is 16.7. The van der Waals surface area contributed by atoms with Crippen LogP contribution in [0.1, 0.15) is 156 Å². The number of benzene rings is 1. The maximum absolute atomic E-state index is 12.9. The summed E-state index contributed by atoms with van der Waals surface area (Å²) in [7, 11) is -4.05. The lowest BCUT2D eigenvalue weighted by Crippen LogP contribution is -2.47. The van der Waals surface area contributed by atoms with Crippen molar-refractivity contribution < 1.29 is 41.2 Å². The number of ether oxygens (including phenoxy) is 3. The molecule has 294 valence electrons. The smallest absolute Gasteiger partial charge is 0.408 e. The van der Waals surface area contributed by atoms with Crippen LogP contribution in [0.15, 0.2) is 29.2 Å². The van der Waals surface area contributed by atoms with Crippen molar-refractivity contribution >= 4 is 28.1 Å². The predicted octanol–water partition coefficient (Wildman–Crippen LogP) is 9.60. The summed E-state index contributed by atoms with van der Waals surface area (Å²) in [4.78, 5) is 37.8. The second kappa shape index (κ2) is 26.2. The largest absolute Gasteiger partial charge is 0.465 e. The molecule has 10 nitrogen and oxygen atoms in total. The molecule has 0 aliphatic heterocycles. The average molecular weight is 740 g/mol. The molecule has 0 aliphatic carbocycles. The van der Waals surface area contributed by atoms with Gasteiger partial charge in [-0.3, -0.25) is 8.98 Å². The molecule has 11 heteroatoms. The van der Waals surface area contributed by atoms with E-state index in [1.165, 1.54) is 89.2 Å². The molecule has 0 fully saturated rings. The fraction of sp³-hybridized carbons (Fsp3) is 0.775. The van der Waals surface area contributed by atoms with E-state index in [4.69, 9.17) is 18.4 Å². The van der Waals surface area contributed by atoms with Crippen LogP contribution >= 0.6 is 0 Å². The number of hydrogen-bond donors (Lipinski definition) is 1. The van der Waals surface area contributed by atoms with Crippen LogP contribution in [-0.2, 0) is 38.1 Å². The molecule has 0 radical (unpaired) electrons. The van der Waals surface area contributed by atoms with Crippen molar-refractivity contribution in [2.24, 2.45) is 11.8 Å². The highest BCUT2D eigenvalue weighted by Gasteiger charge is 2.29. The van der Waals surface area contributed by atoms with Gasteiger partial charge in [0.1, 0.15) is 11.6 Å². The van der Waals surface area contributed by atoms with E-state index in [2.05, 4.69) is 12.2 Å². The number of carbonyl (C=O) groups excluding carboxylic acids is 3. The molecule has 0 saturated heterocycles. The number of amides is 1. The van der Waals surface area contributed by atoms with E-state index in [0.29, 0.717) is 0 Å². The van der Waals surface area contributed by atoms with E-state index in [-0.39, 0.29) is 49.4 Å². The Hall–Kier alpha value is -2.66. The summed E-state index contributed by atoms with van der Waals surface area (Å²) in [6, 6.07) is 5.38. The maximum atomic E-state index is 12.9. The molecule has 1 rings (SSSR count). The van der Waals surface area contributed by atoms with Gasteiger partial charge in [0.25, 0.3) is 10.1 Å². The maximum Gasteiger partial charge on any atom is 0.408 e. The summed E-state index contributed by atoms with van der Waals surface area (Å²) in [5.74, 6) is -1.83. The number of esters is 2. The molecule has 0 heterocycles. The molecular weight excluding hydrogens is 671 g/mol. The van der Waals surface area contributed by atoms with Gasteiger partial charge in [0.05, 0.1) is 24.7 Å². The Morgan fingerprint density at radius 3 is 1.75 bits per heavy atom. The minimum Gasteiger partial charge on any atom is -0.465 e. The van der Waals surface area contributed by atoms with Gasteiger partial charge >= 0.3 is 18.0 Å². The van der Waals surface area contributed by atoms with E-state index >= 15 is 0 Å². The minimum atomic E-state index is -4.05. The number of aryl methyl sites for hydroxylation is 1. The molecule has 0 saturated carbocycles. The third kappa shape index (κ3) is 23.5. The molecule has 51 heavy (non-hydrogen) atoms. The van der Waals surface area contributed by atoms with Crippen LogP contribution in [0.5, 0.6) is 0 Å². The molecule has 1 N–H and O–H groups in total. The summed E-state index contributed by atoms with van der Waals surface area (Å²) in [5, 5.41) is 2.56. The van der Waals surface area contributed by atoms with Gasteiger partial charge in [-0.15, -0.1) is 0 Å². The zero-order valence-electron chi connectivity index (χ0n) is 32.8. The van der Waals surface area contributed by atoms with E-state index < -0.39 is 39.7 Å². The third-order valence-electron chi connectivity index (χ3n) is 8.60. The Bertz CT molecular complexity index is 1210. The minimum absolute atomic E-state index is 0.0245. The third-order valence-corrected chi connectivity index (χ3v) is 9.89. The van der Waals surface area contributed by atoms with Gasteiger partial charge < -0.3 is 19.5 Å². The zero-order chi connectivity index (χ0) is 38.1. The quantitative estimate of drug-likeness (QED) is 0.0386. The van der Waals surface area contributed by atoms with Gasteiger partial charge in [-0.2, -0.15) is 8.42 Å². The number of rotatable bonds is 28. The standard InChI is InChI=1S/C40H69NO9S/c1-8-9-10-11-12-13-14-15-16-17-18-19-20-21-22-23-36(42)48-30-34(31-49-51(45,46)35-26-24-33(4)25-27-35)28-29-47-38(43)37(32(2)3)41-39(44)50-40(5,6)7/h24-27,32,34,37H,8-23,28-31H2,1-7H3,(H,41,44). The van der Waals surface area contributed by atoms with Crippen molar-refractivity contribution in [2.45, 2.75) is 174 Å². The van der Waals surface area contributed by atoms with Crippen LogP contribution in [-0.4, -0.2) is 57.9 Å². The van der Waals surface area contributed by atoms with E-state index in [9.17, 15) is 22.8 Å². The first-order chi connectivity index (χ1) is 24.1. The molecule has 2 atom stereocenters. The van der Waals surface area contributed by atoms with Crippen molar-refractivity contribution in [3.63, 3.8) is 0 Å². The first-order valence-corrected chi connectivity index (χ1v) is 20.8. The van der Waals surface area contributed by atoms with Crippen LogP contribution in [0, 0.1) is 18.8 Å². The van der Waals surface area contributed by atoms with Crippen molar-refractivity contribution in [1.29, 1.82) is 0 Å². The van der Waals surface area contributed by atoms with E-state index in [0.717, 1.165) is 24.8 Å². The topological polar surface area (TPSA) is 134 Å². The Labute approximate surface area is 309 Å². The molecule has 0 bridgehead atoms. The lowest BCUT2D eigenvalue weighted by atomic mass is 10.0. The van der Waals surface area contributed by atoms with Crippen molar-refractivity contribution in [2.75, 3.05) is 19.8 Å². The summed E-state index contributed by atoms with van der Waals surface area (Å²) in [6.07, 6.45) is 18.3. The van der Waals surface area contributed by atoms with Gasteiger partial charge in [-0.25, -0.2) is 9.59 Å². The van der Waals surface area contributed by atoms with Crippen LogP contribution in [0.2, 0.25) is 0 Å². The fourth-order valence-electron chi connectivity index (χ4n) is 5.45. The molecule has 1 amide bonds. The zero-order valence-corrected chi connectivity index (χ0v) is 33.6. The van der Waals surface area contributed by atoms with Crippen LogP contribution < -0.4 is 5.32 Å². The number of alkyl carbamates (subject to hydrolysis) is 1. The highest BCUT2D eigenvalue weighted by molar-refractivity contribution is 7.86. The number of hydrogen-bond acceptors (Lipinski definition) is 9. The summed E-state index contributed by atoms with van der Waals surface area (Å²) < 4.78 is 47.3. The summed E-state index contributed by atoms with van der Waals surface area (Å²) >= 11 is 0. The second-order valence-electron chi connectivity index (χ2n) is 15.1. The predicted molar refractivity (Wildman–Crippen MR) is 202 cm³/mol. The SMILES string of the molecule is CCCCCCCCCCCCCCCCCC(=O)OCC(CCOC(=O)C(NC(=O)OC(C)(C)C)C(C)C)COS(=O)(=O)c1ccc(C)cc1. The first kappa shape index (κ1) is 46.4. The summed E-state index contributed by atoms with van der Waals surface area (Å²) in [6.45, 7) is 12.4. The Kier molecular flexibility index (Phi) is 23.8. The van der Waals surface area contributed by atoms with Crippen molar-refractivity contribution in [1.82, 2.24) is 5.32 Å². The fourth-order valence-corrected chi connectivity index (χ4v) is 6.42. The monoisotopic (exact) mass is 739 g/mol. The molecule has 1 aromatic carbocycles. The van der Waals surface area contributed by atoms with Gasteiger partial charge in [0, 0.05) is 12.3 Å². The normalized spacial score (nSPS) is 13.1. The van der Waals surface area contributed by atoms with E-state index in [1.54, 1.807) is 46.8 Å². The van der Waals surface area contributed by atoms with Crippen molar-refractivity contribution in [3.05, 3.63) is 29.8 Å². The van der Waals surface area contributed by atoms with Crippen LogP contribution in [0.25, 0.3) is 0 Å². The van der Waals surface area contributed by atoms with Crippen LogP contribution in [0.4, 0.5) is 4.79 Å². The van der Waals surface area contributed by atoms with Gasteiger partial charge in [-0.1, -0.05) is 128 Å². The van der Waals surface area contributed by atoms with Gasteiger partial charge in [-0.05, 0) is 58.6 Å². The molecular formula is C40H69NO9S. The number of unbranched alkanes of at least 4 members (excludes halogenated alkanes) is 14. The molecule has 0 aliphatic rings. The number of nitrogens with one attached hydrogen (secondary N) is 1. The first-order valence-electron chi connectivity index (χ1n) is 19.4.